The van der Waals surface area contributed by atoms with Gasteiger partial charge in [-0.3, -0.25) is 14.9 Å². The van der Waals surface area contributed by atoms with Crippen LogP contribution in [0.5, 0.6) is 5.75 Å². The molecular weight excluding hydrogens is 410 g/mol. The third kappa shape index (κ3) is 3.24. The fourth-order valence-corrected chi connectivity index (χ4v) is 4.04. The molecule has 8 heteroatoms. The number of aryl methyl sites for hydroxylation is 1. The van der Waals surface area contributed by atoms with Crippen molar-refractivity contribution in [1.82, 2.24) is 15.5 Å². The van der Waals surface area contributed by atoms with Gasteiger partial charge in [0, 0.05) is 23.1 Å². The van der Waals surface area contributed by atoms with E-state index in [1.807, 2.05) is 25.1 Å². The summed E-state index contributed by atoms with van der Waals surface area (Å²) < 4.78 is 10.8. The summed E-state index contributed by atoms with van der Waals surface area (Å²) in [4.78, 5) is 39.2. The van der Waals surface area contributed by atoms with Gasteiger partial charge in [0.05, 0.1) is 13.7 Å². The molecule has 32 heavy (non-hydrogen) atoms. The van der Waals surface area contributed by atoms with Gasteiger partial charge in [0.2, 0.25) is 5.54 Å². The minimum Gasteiger partial charge on any atom is -0.497 e. The van der Waals surface area contributed by atoms with Crippen LogP contribution in [0.1, 0.15) is 27.2 Å². The smallest absolute Gasteiger partial charge is 0.323 e. The van der Waals surface area contributed by atoms with Crippen molar-refractivity contribution >= 4 is 28.8 Å². The van der Waals surface area contributed by atoms with E-state index in [4.69, 9.17) is 9.15 Å². The number of hydrogen-bond donors (Lipinski definition) is 2. The fraction of sp³-hybridized carbons (Fsp3) is 0.208. The average molecular weight is 429 g/mol. The number of urea groups is 1. The summed E-state index contributed by atoms with van der Waals surface area (Å²) in [5.41, 5.74) is 1.18. The zero-order valence-corrected chi connectivity index (χ0v) is 17.4. The molecule has 0 spiro atoms. The molecule has 3 heterocycles. The Labute approximate surface area is 183 Å². The van der Waals surface area contributed by atoms with Gasteiger partial charge in [0.1, 0.15) is 17.1 Å². The molecule has 2 aliphatic heterocycles. The first-order valence-electron chi connectivity index (χ1n) is 10.00. The van der Waals surface area contributed by atoms with E-state index in [-0.39, 0.29) is 12.5 Å². The number of hydrogen-bond acceptors (Lipinski definition) is 5. The zero-order valence-electron chi connectivity index (χ0n) is 17.4. The van der Waals surface area contributed by atoms with Crippen molar-refractivity contribution in [2.45, 2.75) is 19.0 Å². The van der Waals surface area contributed by atoms with Gasteiger partial charge in [-0.05, 0) is 48.9 Å². The minimum atomic E-state index is -1.56. The van der Waals surface area contributed by atoms with Crippen molar-refractivity contribution in [2.24, 2.45) is 0 Å². The van der Waals surface area contributed by atoms with Crippen LogP contribution < -0.4 is 15.4 Å². The van der Waals surface area contributed by atoms with Crippen molar-refractivity contribution < 1.29 is 23.5 Å². The Morgan fingerprint density at radius 3 is 2.75 bits per heavy atom. The zero-order chi connectivity index (χ0) is 22.5. The van der Waals surface area contributed by atoms with Crippen LogP contribution in [-0.4, -0.2) is 41.9 Å². The summed E-state index contributed by atoms with van der Waals surface area (Å²) >= 11 is 0. The standard InChI is InChI=1S/C24H19N3O5/c1-14-9-17-10-15(3-6-20(17)32-14)7-8-24(22(29)25-23(30)26-24)13-27-12-16-4-5-18(31-2)11-19(16)21(27)28/h3-6,9-11H,12-13H2,1-2H3,(H2,25,26,29,30)/t24-/m1/s1. The number of imide groups is 1. The van der Waals surface area contributed by atoms with E-state index in [0.29, 0.717) is 23.4 Å². The number of furan rings is 1. The minimum absolute atomic E-state index is 0.0829. The molecule has 1 saturated heterocycles. The second kappa shape index (κ2) is 7.17. The third-order valence-electron chi connectivity index (χ3n) is 5.63. The lowest BCUT2D eigenvalue weighted by atomic mass is 9.99. The molecule has 1 fully saturated rings. The SMILES string of the molecule is COc1ccc2c(c1)C(=O)N(C[C@@]1(C#Cc3ccc4oc(C)cc4c3)NC(=O)NC1=O)C2. The summed E-state index contributed by atoms with van der Waals surface area (Å²) in [5.74, 6) is 6.43. The molecule has 8 nitrogen and oxygen atoms in total. The highest BCUT2D eigenvalue weighted by atomic mass is 16.5. The Balaban J connectivity index is 1.47. The van der Waals surface area contributed by atoms with Crippen molar-refractivity contribution in [3.63, 3.8) is 0 Å². The lowest BCUT2D eigenvalue weighted by Gasteiger charge is -2.26. The summed E-state index contributed by atoms with van der Waals surface area (Å²) in [7, 11) is 1.53. The summed E-state index contributed by atoms with van der Waals surface area (Å²) in [5, 5.41) is 5.75. The van der Waals surface area contributed by atoms with Crippen LogP contribution in [-0.2, 0) is 11.3 Å². The molecule has 0 radical (unpaired) electrons. The first-order valence-corrected chi connectivity index (χ1v) is 10.00. The van der Waals surface area contributed by atoms with Gasteiger partial charge in [-0.15, -0.1) is 0 Å². The number of rotatable bonds is 3. The maximum absolute atomic E-state index is 13.0. The maximum atomic E-state index is 13.0. The highest BCUT2D eigenvalue weighted by molar-refractivity contribution is 6.10. The number of methoxy groups -OCH3 is 1. The number of benzene rings is 2. The molecule has 2 aromatic carbocycles. The highest BCUT2D eigenvalue weighted by Gasteiger charge is 2.48. The van der Waals surface area contributed by atoms with Gasteiger partial charge in [-0.2, -0.15) is 0 Å². The molecule has 3 aromatic rings. The third-order valence-corrected chi connectivity index (χ3v) is 5.63. The molecular formula is C24H19N3O5. The first-order chi connectivity index (χ1) is 15.4. The van der Waals surface area contributed by atoms with E-state index >= 15 is 0 Å². The summed E-state index contributed by atoms with van der Waals surface area (Å²) in [6.45, 7) is 2.09. The predicted octanol–water partition coefficient (Wildman–Crippen LogP) is 2.34. The molecule has 1 aromatic heterocycles. The van der Waals surface area contributed by atoms with Gasteiger partial charge in [-0.25, -0.2) is 4.79 Å². The van der Waals surface area contributed by atoms with Gasteiger partial charge in [0.25, 0.3) is 11.8 Å². The van der Waals surface area contributed by atoms with E-state index in [0.717, 1.165) is 22.3 Å². The average Bonchev–Trinajstić information content (AvgIpc) is 3.38. The second-order valence-corrected chi connectivity index (χ2v) is 7.86. The van der Waals surface area contributed by atoms with E-state index in [2.05, 4.69) is 22.5 Å². The maximum Gasteiger partial charge on any atom is 0.323 e. The van der Waals surface area contributed by atoms with E-state index in [9.17, 15) is 14.4 Å². The van der Waals surface area contributed by atoms with Crippen LogP contribution in [0, 0.1) is 18.8 Å². The molecule has 0 bridgehead atoms. The van der Waals surface area contributed by atoms with Crippen LogP contribution in [0.25, 0.3) is 11.0 Å². The second-order valence-electron chi connectivity index (χ2n) is 7.86. The lowest BCUT2D eigenvalue weighted by Crippen LogP contribution is -2.54. The first kappa shape index (κ1) is 19.7. The Morgan fingerprint density at radius 1 is 1.16 bits per heavy atom. The van der Waals surface area contributed by atoms with Crippen LogP contribution in [0.4, 0.5) is 4.79 Å². The molecule has 0 unspecified atom stereocenters. The Bertz CT molecular complexity index is 1360. The Morgan fingerprint density at radius 2 is 2.00 bits per heavy atom. The van der Waals surface area contributed by atoms with Crippen LogP contribution in [0.2, 0.25) is 0 Å². The Kier molecular flexibility index (Phi) is 4.41. The fourth-order valence-electron chi connectivity index (χ4n) is 4.04. The van der Waals surface area contributed by atoms with E-state index < -0.39 is 17.5 Å². The molecule has 160 valence electrons. The van der Waals surface area contributed by atoms with E-state index in [1.54, 1.807) is 24.3 Å². The number of fused-ring (bicyclic) bond motifs is 2. The molecule has 0 saturated carbocycles. The quantitative estimate of drug-likeness (QED) is 0.492. The molecule has 4 amide bonds. The van der Waals surface area contributed by atoms with Crippen molar-refractivity contribution in [3.8, 4) is 17.6 Å². The van der Waals surface area contributed by atoms with Gasteiger partial charge in [0.15, 0.2) is 0 Å². The van der Waals surface area contributed by atoms with Crippen molar-refractivity contribution in [1.29, 1.82) is 0 Å². The van der Waals surface area contributed by atoms with E-state index in [1.165, 1.54) is 12.0 Å². The van der Waals surface area contributed by atoms with Crippen molar-refractivity contribution in [3.05, 3.63) is 64.9 Å². The number of amides is 4. The number of carbonyl (C=O) groups excluding carboxylic acids is 3. The van der Waals surface area contributed by atoms with Gasteiger partial charge >= 0.3 is 6.03 Å². The topological polar surface area (TPSA) is 101 Å². The summed E-state index contributed by atoms with van der Waals surface area (Å²) in [6.07, 6.45) is 0. The predicted molar refractivity (Wildman–Crippen MR) is 115 cm³/mol. The number of nitrogens with zero attached hydrogens (tertiary/aromatic N) is 1. The molecule has 5 rings (SSSR count). The van der Waals surface area contributed by atoms with Gasteiger partial charge < -0.3 is 19.4 Å². The monoisotopic (exact) mass is 429 g/mol. The molecule has 2 N–H and O–H groups in total. The Hall–Kier alpha value is -4.25. The van der Waals surface area contributed by atoms with Crippen LogP contribution >= 0.6 is 0 Å². The number of carbonyl (C=O) groups is 3. The summed E-state index contributed by atoms with van der Waals surface area (Å²) in [6, 6.07) is 12.0. The lowest BCUT2D eigenvalue weighted by molar-refractivity contribution is -0.122. The van der Waals surface area contributed by atoms with Crippen LogP contribution in [0.3, 0.4) is 0 Å². The molecule has 1 atom stereocenters. The normalized spacial score (nSPS) is 19.4. The van der Waals surface area contributed by atoms with Crippen LogP contribution in [0.15, 0.2) is 46.9 Å². The largest absolute Gasteiger partial charge is 0.497 e. The number of ether oxygens (including phenoxy) is 1. The number of nitrogens with one attached hydrogen (secondary N) is 2. The van der Waals surface area contributed by atoms with Crippen molar-refractivity contribution in [2.75, 3.05) is 13.7 Å². The molecule has 2 aliphatic rings. The highest BCUT2D eigenvalue weighted by Crippen LogP contribution is 2.28. The van der Waals surface area contributed by atoms with Gasteiger partial charge in [-0.1, -0.05) is 17.9 Å². The molecule has 0 aliphatic carbocycles.